The maximum absolute atomic E-state index is 14.0. The van der Waals surface area contributed by atoms with Gasteiger partial charge in [-0.2, -0.15) is 0 Å². The molecule has 3 aromatic carbocycles. The number of rotatable bonds is 12. The number of aliphatic hydroxyl groups is 1. The Bertz CT molecular complexity index is 1250. The van der Waals surface area contributed by atoms with E-state index in [4.69, 9.17) is 17.3 Å². The van der Waals surface area contributed by atoms with Gasteiger partial charge in [0.2, 0.25) is 11.8 Å². The predicted octanol–water partition coefficient (Wildman–Crippen LogP) is 4.19. The molecule has 0 bridgehead atoms. The second-order valence-electron chi connectivity index (χ2n) is 9.59. The summed E-state index contributed by atoms with van der Waals surface area (Å²) in [5.74, 6) is -2.93. The number of hydrogen-bond acceptors (Lipinski definition) is 5. The van der Waals surface area contributed by atoms with Crippen LogP contribution in [0.5, 0.6) is 0 Å². The van der Waals surface area contributed by atoms with Crippen molar-refractivity contribution in [1.29, 1.82) is 0 Å². The minimum Gasteiger partial charge on any atom is -0.390 e. The second-order valence-corrected chi connectivity index (χ2v) is 10.0. The van der Waals surface area contributed by atoms with E-state index in [1.165, 1.54) is 12.5 Å². The maximum Gasteiger partial charge on any atom is 0.246 e. The van der Waals surface area contributed by atoms with Crippen molar-refractivity contribution in [2.24, 2.45) is 5.73 Å². The third kappa shape index (κ3) is 8.93. The second kappa shape index (κ2) is 14.3. The van der Waals surface area contributed by atoms with Gasteiger partial charge in [0.15, 0.2) is 0 Å². The van der Waals surface area contributed by atoms with E-state index in [0.717, 1.165) is 40.6 Å². The van der Waals surface area contributed by atoms with Crippen LogP contribution in [0.15, 0.2) is 66.7 Å². The molecule has 0 aliphatic carbocycles. The zero-order valence-corrected chi connectivity index (χ0v) is 22.8. The fourth-order valence-corrected chi connectivity index (χ4v) is 4.65. The number of imide groups is 1. The van der Waals surface area contributed by atoms with Gasteiger partial charge in [0.05, 0.1) is 18.2 Å². The van der Waals surface area contributed by atoms with Crippen LogP contribution in [0.1, 0.15) is 36.1 Å². The summed E-state index contributed by atoms with van der Waals surface area (Å²) in [5.41, 5.74) is 9.33. The zero-order chi connectivity index (χ0) is 28.5. The molecule has 0 saturated heterocycles. The summed E-state index contributed by atoms with van der Waals surface area (Å²) >= 11 is 5.94. The molecule has 9 heteroatoms. The number of halogens is 3. The lowest BCUT2D eigenvalue weighted by molar-refractivity contribution is -0.150. The summed E-state index contributed by atoms with van der Waals surface area (Å²) in [6.07, 6.45) is -0.402. The Morgan fingerprint density at radius 1 is 0.949 bits per heavy atom. The van der Waals surface area contributed by atoms with Crippen LogP contribution in [0, 0.1) is 11.6 Å². The molecule has 4 N–H and O–H groups in total. The van der Waals surface area contributed by atoms with Crippen molar-refractivity contribution in [3.8, 4) is 0 Å². The van der Waals surface area contributed by atoms with E-state index in [1.54, 1.807) is 24.3 Å². The smallest absolute Gasteiger partial charge is 0.246 e. The van der Waals surface area contributed by atoms with Gasteiger partial charge in [-0.1, -0.05) is 54.9 Å². The van der Waals surface area contributed by atoms with E-state index >= 15 is 0 Å². The third-order valence-corrected chi connectivity index (χ3v) is 6.74. The van der Waals surface area contributed by atoms with Gasteiger partial charge in [-0.15, -0.1) is 0 Å². The van der Waals surface area contributed by atoms with Crippen molar-refractivity contribution in [3.05, 3.63) is 106 Å². The van der Waals surface area contributed by atoms with Crippen molar-refractivity contribution < 1.29 is 23.5 Å². The molecular weight excluding hydrogens is 524 g/mol. The molecule has 0 fully saturated rings. The molecule has 0 radical (unpaired) electrons. The van der Waals surface area contributed by atoms with E-state index in [-0.39, 0.29) is 24.9 Å². The monoisotopic (exact) mass is 557 g/mol. The lowest BCUT2D eigenvalue weighted by atomic mass is 9.97. The Morgan fingerprint density at radius 3 is 2.21 bits per heavy atom. The fourth-order valence-electron chi connectivity index (χ4n) is 4.52. The number of nitrogens with two attached hydrogens (primary N) is 1. The summed E-state index contributed by atoms with van der Waals surface area (Å²) in [7, 11) is 0. The van der Waals surface area contributed by atoms with E-state index in [0.29, 0.717) is 11.6 Å². The standard InChI is InChI=1S/C30H34ClF2N3O3/c1-3-20-5-4-6-22(11-20)17-35-18-29(38)28(15-23-12-25(32)16-26(33)13-23)36(19(2)37)30(39)27(34)14-21-7-9-24(31)10-8-21/h4-13,16,27-29,35,38H,3,14-15,17-18,34H2,1-2H3/t27-,28-,29+/m0/s1. The molecule has 0 spiro atoms. The number of carbonyl (C=O) groups excluding carboxylic acids is 2. The molecule has 0 aliphatic rings. The maximum atomic E-state index is 14.0. The zero-order valence-electron chi connectivity index (χ0n) is 22.0. The minimum atomic E-state index is -1.25. The molecule has 0 saturated carbocycles. The van der Waals surface area contributed by atoms with Crippen molar-refractivity contribution in [3.63, 3.8) is 0 Å². The van der Waals surface area contributed by atoms with Gasteiger partial charge in [0, 0.05) is 31.1 Å². The topological polar surface area (TPSA) is 95.7 Å². The number of benzene rings is 3. The van der Waals surface area contributed by atoms with Crippen LogP contribution in [-0.4, -0.2) is 46.6 Å². The summed E-state index contributed by atoms with van der Waals surface area (Å²) in [6, 6.07) is 15.5. The lowest BCUT2D eigenvalue weighted by Crippen LogP contribution is -2.57. The molecule has 6 nitrogen and oxygen atoms in total. The molecule has 3 rings (SSSR count). The SMILES string of the molecule is CCc1cccc(CNC[C@@H](O)[C@H](Cc2cc(F)cc(F)c2)N(C(C)=O)C(=O)[C@@H](N)Cc2ccc(Cl)cc2)c1. The summed E-state index contributed by atoms with van der Waals surface area (Å²) in [4.78, 5) is 27.2. The fraction of sp³-hybridized carbons (Fsp3) is 0.333. The Labute approximate surface area is 232 Å². The number of aryl methyl sites for hydroxylation is 1. The van der Waals surface area contributed by atoms with Crippen LogP contribution < -0.4 is 11.1 Å². The number of aliphatic hydroxyl groups excluding tert-OH is 1. The molecule has 0 heterocycles. The van der Waals surface area contributed by atoms with Crippen molar-refractivity contribution in [1.82, 2.24) is 10.2 Å². The molecule has 3 aromatic rings. The Balaban J connectivity index is 1.83. The van der Waals surface area contributed by atoms with Crippen molar-refractivity contribution in [2.75, 3.05) is 6.54 Å². The molecular formula is C30H34ClF2N3O3. The lowest BCUT2D eigenvalue weighted by Gasteiger charge is -2.34. The molecule has 208 valence electrons. The normalized spacial score (nSPS) is 13.5. The Morgan fingerprint density at radius 2 is 1.59 bits per heavy atom. The van der Waals surface area contributed by atoms with E-state index < -0.39 is 41.6 Å². The number of nitrogens with zero attached hydrogens (tertiary/aromatic N) is 1. The summed E-state index contributed by atoms with van der Waals surface area (Å²) < 4.78 is 27.9. The summed E-state index contributed by atoms with van der Waals surface area (Å²) in [5, 5.41) is 14.9. The van der Waals surface area contributed by atoms with Crippen molar-refractivity contribution >= 4 is 23.4 Å². The highest BCUT2D eigenvalue weighted by Gasteiger charge is 2.35. The van der Waals surface area contributed by atoms with Crippen LogP contribution in [0.4, 0.5) is 8.78 Å². The Hall–Kier alpha value is -3.17. The highest BCUT2D eigenvalue weighted by molar-refractivity contribution is 6.30. The number of nitrogens with one attached hydrogen (secondary N) is 1. The Kier molecular flexibility index (Phi) is 11.1. The predicted molar refractivity (Wildman–Crippen MR) is 148 cm³/mol. The van der Waals surface area contributed by atoms with E-state index in [2.05, 4.69) is 12.2 Å². The first-order valence-corrected chi connectivity index (χ1v) is 13.2. The first-order valence-electron chi connectivity index (χ1n) is 12.8. The number of hydrogen-bond donors (Lipinski definition) is 3. The van der Waals surface area contributed by atoms with Crippen LogP contribution >= 0.6 is 11.6 Å². The third-order valence-electron chi connectivity index (χ3n) is 6.49. The molecule has 2 amide bonds. The van der Waals surface area contributed by atoms with E-state index in [9.17, 15) is 23.5 Å². The quantitative estimate of drug-likeness (QED) is 0.310. The molecule has 3 atom stereocenters. The van der Waals surface area contributed by atoms with Crippen LogP contribution in [0.25, 0.3) is 0 Å². The number of amides is 2. The minimum absolute atomic E-state index is 0.0162. The highest BCUT2D eigenvalue weighted by Crippen LogP contribution is 2.19. The average Bonchev–Trinajstić information content (AvgIpc) is 2.88. The van der Waals surface area contributed by atoms with Crippen LogP contribution in [0.3, 0.4) is 0 Å². The average molecular weight is 558 g/mol. The first-order chi connectivity index (χ1) is 18.6. The largest absolute Gasteiger partial charge is 0.390 e. The van der Waals surface area contributed by atoms with Crippen LogP contribution in [0.2, 0.25) is 5.02 Å². The highest BCUT2D eigenvalue weighted by atomic mass is 35.5. The molecule has 0 aromatic heterocycles. The van der Waals surface area contributed by atoms with Gasteiger partial charge < -0.3 is 16.2 Å². The molecule has 0 aliphatic heterocycles. The van der Waals surface area contributed by atoms with E-state index in [1.807, 2.05) is 24.3 Å². The number of carbonyl (C=O) groups is 2. The van der Waals surface area contributed by atoms with Gasteiger partial charge in [0.25, 0.3) is 0 Å². The van der Waals surface area contributed by atoms with Gasteiger partial charge in [-0.3, -0.25) is 14.5 Å². The summed E-state index contributed by atoms with van der Waals surface area (Å²) in [6.45, 7) is 3.71. The van der Waals surface area contributed by atoms with Crippen LogP contribution in [-0.2, 0) is 35.4 Å². The van der Waals surface area contributed by atoms with Gasteiger partial charge >= 0.3 is 0 Å². The van der Waals surface area contributed by atoms with Gasteiger partial charge in [-0.05, 0) is 65.8 Å². The van der Waals surface area contributed by atoms with Gasteiger partial charge in [-0.25, -0.2) is 8.78 Å². The van der Waals surface area contributed by atoms with Gasteiger partial charge in [0.1, 0.15) is 11.6 Å². The molecule has 0 unspecified atom stereocenters. The molecule has 39 heavy (non-hydrogen) atoms. The van der Waals surface area contributed by atoms with Crippen molar-refractivity contribution in [2.45, 2.75) is 57.8 Å². The first kappa shape index (κ1) is 30.4.